The summed E-state index contributed by atoms with van der Waals surface area (Å²) in [5.74, 6) is 0.484. The molecule has 0 bridgehead atoms. The van der Waals surface area contributed by atoms with E-state index in [1.54, 1.807) is 6.08 Å². The maximum atomic E-state index is 12.1. The van der Waals surface area contributed by atoms with Crippen LogP contribution in [0.4, 0.5) is 13.2 Å². The Hall–Kier alpha value is -1.59. The number of hydrogen-bond acceptors (Lipinski definition) is 3. The second-order valence-corrected chi connectivity index (χ2v) is 4.34. The van der Waals surface area contributed by atoms with Crippen molar-refractivity contribution in [2.75, 3.05) is 0 Å². The highest BCUT2D eigenvalue weighted by molar-refractivity contribution is 5.96. The van der Waals surface area contributed by atoms with Crippen molar-refractivity contribution in [3.8, 4) is 0 Å². The van der Waals surface area contributed by atoms with Crippen molar-refractivity contribution in [3.63, 3.8) is 0 Å². The second kappa shape index (κ2) is 5.37. The SMILES string of the molecule is CC1=CC(N)=NC(C)C1C/C=C/C(=N)C(F)(F)F. The third kappa shape index (κ3) is 3.72. The highest BCUT2D eigenvalue weighted by atomic mass is 19.4. The summed E-state index contributed by atoms with van der Waals surface area (Å²) in [5, 5.41) is 6.82. The number of nitrogens with one attached hydrogen (secondary N) is 1. The average Bonchev–Trinajstić information content (AvgIpc) is 2.19. The van der Waals surface area contributed by atoms with Crippen LogP contribution in [0.2, 0.25) is 0 Å². The first-order valence-electron chi connectivity index (χ1n) is 5.55. The molecule has 1 aliphatic heterocycles. The molecule has 0 saturated carbocycles. The molecule has 3 N–H and O–H groups in total. The molecule has 0 saturated heterocycles. The molecule has 2 atom stereocenters. The predicted octanol–water partition coefficient (Wildman–Crippen LogP) is 2.84. The molecule has 1 heterocycles. The van der Waals surface area contributed by atoms with E-state index >= 15 is 0 Å². The number of nitrogens with zero attached hydrogens (tertiary/aromatic N) is 1. The number of alkyl halides is 3. The molecule has 0 aromatic carbocycles. The largest absolute Gasteiger partial charge is 0.432 e. The zero-order chi connectivity index (χ0) is 13.9. The Bertz CT molecular complexity index is 419. The van der Waals surface area contributed by atoms with E-state index in [9.17, 15) is 13.2 Å². The number of dihydropyridines is 1. The van der Waals surface area contributed by atoms with Crippen LogP contribution in [0.25, 0.3) is 0 Å². The van der Waals surface area contributed by atoms with Gasteiger partial charge in [-0.15, -0.1) is 0 Å². The fourth-order valence-electron chi connectivity index (χ4n) is 1.89. The molecule has 1 aliphatic rings. The number of nitrogens with two attached hydrogens (primary N) is 1. The summed E-state index contributed by atoms with van der Waals surface area (Å²) < 4.78 is 36.3. The Morgan fingerprint density at radius 1 is 1.56 bits per heavy atom. The number of allylic oxidation sites excluding steroid dienone is 2. The van der Waals surface area contributed by atoms with Gasteiger partial charge in [0.1, 0.15) is 11.5 Å². The van der Waals surface area contributed by atoms with Gasteiger partial charge < -0.3 is 5.73 Å². The molecule has 0 fully saturated rings. The lowest BCUT2D eigenvalue weighted by Gasteiger charge is -2.24. The van der Waals surface area contributed by atoms with Crippen LogP contribution in [0.15, 0.2) is 28.8 Å². The zero-order valence-corrected chi connectivity index (χ0v) is 10.3. The van der Waals surface area contributed by atoms with Crippen LogP contribution in [0.1, 0.15) is 20.3 Å². The van der Waals surface area contributed by atoms with E-state index in [1.165, 1.54) is 6.08 Å². The lowest BCUT2D eigenvalue weighted by molar-refractivity contribution is -0.0584. The average molecular weight is 259 g/mol. The molecule has 0 aliphatic carbocycles. The Kier molecular flexibility index (Phi) is 4.32. The predicted molar refractivity (Wildman–Crippen MR) is 65.9 cm³/mol. The van der Waals surface area contributed by atoms with Crippen molar-refractivity contribution in [1.29, 1.82) is 5.41 Å². The standard InChI is InChI=1S/C12H16F3N3/c1-7-6-11(17)18-8(2)9(7)4-3-5-10(16)12(13,14)15/h3,5-6,8-9,16H,4H2,1-2H3,(H2,17,18)/b5-3+,16-10?. The molecular formula is C12H16F3N3. The van der Waals surface area contributed by atoms with Crippen LogP contribution < -0.4 is 5.73 Å². The van der Waals surface area contributed by atoms with Gasteiger partial charge in [-0.25, -0.2) is 0 Å². The second-order valence-electron chi connectivity index (χ2n) is 4.34. The van der Waals surface area contributed by atoms with Crippen molar-refractivity contribution >= 4 is 11.5 Å². The van der Waals surface area contributed by atoms with Crippen LogP contribution in [0, 0.1) is 11.3 Å². The quantitative estimate of drug-likeness (QED) is 0.752. The molecule has 3 nitrogen and oxygen atoms in total. The first kappa shape index (κ1) is 14.5. The molecule has 0 spiro atoms. The van der Waals surface area contributed by atoms with Gasteiger partial charge in [-0.1, -0.05) is 11.6 Å². The molecule has 0 amide bonds. The van der Waals surface area contributed by atoms with Gasteiger partial charge in [0, 0.05) is 5.92 Å². The molecule has 0 aromatic heterocycles. The van der Waals surface area contributed by atoms with E-state index in [0.717, 1.165) is 11.6 Å². The summed E-state index contributed by atoms with van der Waals surface area (Å²) in [5.41, 5.74) is 5.25. The fraction of sp³-hybridized carbons (Fsp3) is 0.500. The van der Waals surface area contributed by atoms with E-state index in [2.05, 4.69) is 4.99 Å². The van der Waals surface area contributed by atoms with Crippen LogP contribution in [-0.2, 0) is 0 Å². The van der Waals surface area contributed by atoms with Crippen LogP contribution in [0.3, 0.4) is 0 Å². The zero-order valence-electron chi connectivity index (χ0n) is 10.3. The van der Waals surface area contributed by atoms with Gasteiger partial charge in [0.25, 0.3) is 0 Å². The summed E-state index contributed by atoms with van der Waals surface area (Å²) in [7, 11) is 0. The van der Waals surface area contributed by atoms with Gasteiger partial charge in [0.05, 0.1) is 6.04 Å². The summed E-state index contributed by atoms with van der Waals surface area (Å²) >= 11 is 0. The first-order chi connectivity index (χ1) is 8.21. The molecule has 0 aromatic rings. The normalized spacial score (nSPS) is 24.9. The minimum absolute atomic E-state index is 0.0367. The van der Waals surface area contributed by atoms with E-state index in [0.29, 0.717) is 12.3 Å². The van der Waals surface area contributed by atoms with Gasteiger partial charge in [-0.05, 0) is 32.4 Å². The van der Waals surface area contributed by atoms with E-state index in [-0.39, 0.29) is 12.0 Å². The molecule has 0 radical (unpaired) electrons. The summed E-state index contributed by atoms with van der Waals surface area (Å²) in [6, 6.07) is -0.0558. The van der Waals surface area contributed by atoms with Gasteiger partial charge in [-0.3, -0.25) is 10.4 Å². The first-order valence-corrected chi connectivity index (χ1v) is 5.55. The van der Waals surface area contributed by atoms with Gasteiger partial charge >= 0.3 is 6.18 Å². The number of halogens is 3. The smallest absolute Gasteiger partial charge is 0.384 e. The number of aliphatic imine (C=N–C) groups is 1. The topological polar surface area (TPSA) is 62.2 Å². The minimum Gasteiger partial charge on any atom is -0.384 e. The van der Waals surface area contributed by atoms with Gasteiger partial charge in [-0.2, -0.15) is 13.2 Å². The summed E-state index contributed by atoms with van der Waals surface area (Å²) in [6.07, 6.45) is -0.276. The van der Waals surface area contributed by atoms with E-state index < -0.39 is 11.9 Å². The Morgan fingerprint density at radius 3 is 2.67 bits per heavy atom. The van der Waals surface area contributed by atoms with Gasteiger partial charge in [0.2, 0.25) is 0 Å². The Morgan fingerprint density at radius 2 is 2.17 bits per heavy atom. The Labute approximate surface area is 104 Å². The molecule has 100 valence electrons. The molecule has 2 unspecified atom stereocenters. The highest BCUT2D eigenvalue weighted by Gasteiger charge is 2.32. The third-order valence-electron chi connectivity index (χ3n) is 2.88. The van der Waals surface area contributed by atoms with Crippen molar-refractivity contribution in [2.45, 2.75) is 32.5 Å². The number of amidine groups is 1. The number of hydrogen-bond donors (Lipinski definition) is 2. The van der Waals surface area contributed by atoms with Crippen LogP contribution >= 0.6 is 0 Å². The lowest BCUT2D eigenvalue weighted by Crippen LogP contribution is -2.26. The van der Waals surface area contributed by atoms with Crippen molar-refractivity contribution < 1.29 is 13.2 Å². The van der Waals surface area contributed by atoms with Crippen LogP contribution in [0.5, 0.6) is 0 Å². The van der Waals surface area contributed by atoms with Gasteiger partial charge in [0.15, 0.2) is 0 Å². The lowest BCUT2D eigenvalue weighted by atomic mass is 9.88. The van der Waals surface area contributed by atoms with E-state index in [4.69, 9.17) is 11.1 Å². The summed E-state index contributed by atoms with van der Waals surface area (Å²) in [4.78, 5) is 4.17. The molecule has 6 heteroatoms. The maximum absolute atomic E-state index is 12.1. The Balaban J connectivity index is 2.63. The van der Waals surface area contributed by atoms with Crippen molar-refractivity contribution in [3.05, 3.63) is 23.8 Å². The fourth-order valence-corrected chi connectivity index (χ4v) is 1.89. The van der Waals surface area contributed by atoms with Crippen molar-refractivity contribution in [2.24, 2.45) is 16.6 Å². The van der Waals surface area contributed by atoms with E-state index in [1.807, 2.05) is 13.8 Å². The molecular weight excluding hydrogens is 243 g/mol. The maximum Gasteiger partial charge on any atom is 0.432 e. The highest BCUT2D eigenvalue weighted by Crippen LogP contribution is 2.25. The molecule has 18 heavy (non-hydrogen) atoms. The van der Waals surface area contributed by atoms with Crippen LogP contribution in [-0.4, -0.2) is 23.8 Å². The third-order valence-corrected chi connectivity index (χ3v) is 2.88. The monoisotopic (exact) mass is 259 g/mol. The van der Waals surface area contributed by atoms with Crippen molar-refractivity contribution in [1.82, 2.24) is 0 Å². The summed E-state index contributed by atoms with van der Waals surface area (Å²) in [6.45, 7) is 3.75. The molecule has 1 rings (SSSR count). The minimum atomic E-state index is -4.58. The number of rotatable bonds is 3.